The molecule has 0 spiro atoms. The molecule has 0 atom stereocenters. The van der Waals surface area contributed by atoms with E-state index in [0.29, 0.717) is 0 Å². The average molecular weight is 260 g/mol. The number of hydrogen-bond donors (Lipinski definition) is 2. The van der Waals surface area contributed by atoms with Gasteiger partial charge in [-0.1, -0.05) is 5.16 Å². The Balaban J connectivity index is 3.24. The molecular weight excluding hydrogens is 250 g/mol. The zero-order valence-corrected chi connectivity index (χ0v) is 9.26. The molecule has 98 valence electrons. The first-order valence-electron chi connectivity index (χ1n) is 4.64. The van der Waals surface area contributed by atoms with Crippen LogP contribution in [0.3, 0.4) is 0 Å². The van der Waals surface area contributed by atoms with Crippen LogP contribution >= 0.6 is 0 Å². The molecular formula is C10H10F2N2O4. The van der Waals surface area contributed by atoms with Gasteiger partial charge in [0.15, 0.2) is 5.84 Å². The minimum atomic E-state index is -3.06. The van der Waals surface area contributed by atoms with Gasteiger partial charge in [0.2, 0.25) is 0 Å². The fraction of sp³-hybridized carbons (Fsp3) is 0.200. The van der Waals surface area contributed by atoms with Crippen LogP contribution in [0.5, 0.6) is 5.75 Å². The highest BCUT2D eigenvalue weighted by molar-refractivity contribution is 6.00. The van der Waals surface area contributed by atoms with Crippen molar-refractivity contribution in [2.24, 2.45) is 10.9 Å². The highest BCUT2D eigenvalue weighted by Gasteiger charge is 2.14. The van der Waals surface area contributed by atoms with Gasteiger partial charge in [-0.3, -0.25) is 0 Å². The van der Waals surface area contributed by atoms with Gasteiger partial charge in [-0.25, -0.2) is 4.79 Å². The summed E-state index contributed by atoms with van der Waals surface area (Å²) in [5, 5.41) is 11.2. The second-order valence-corrected chi connectivity index (χ2v) is 3.10. The van der Waals surface area contributed by atoms with E-state index in [2.05, 4.69) is 14.6 Å². The number of oxime groups is 1. The van der Waals surface area contributed by atoms with E-state index in [0.717, 1.165) is 19.2 Å². The lowest BCUT2D eigenvalue weighted by Crippen LogP contribution is -2.15. The van der Waals surface area contributed by atoms with Crippen molar-refractivity contribution in [1.82, 2.24) is 0 Å². The van der Waals surface area contributed by atoms with Crippen LogP contribution in [-0.2, 0) is 4.74 Å². The van der Waals surface area contributed by atoms with Crippen LogP contribution in [0.4, 0.5) is 8.78 Å². The zero-order chi connectivity index (χ0) is 13.7. The lowest BCUT2D eigenvalue weighted by atomic mass is 10.1. The number of nitrogens with zero attached hydrogens (tertiary/aromatic N) is 1. The highest BCUT2D eigenvalue weighted by Crippen LogP contribution is 2.20. The number of carbonyl (C=O) groups is 1. The Labute approximate surface area is 101 Å². The van der Waals surface area contributed by atoms with Crippen LogP contribution in [0.25, 0.3) is 0 Å². The third-order valence-corrected chi connectivity index (χ3v) is 1.96. The molecule has 1 aromatic carbocycles. The second-order valence-electron chi connectivity index (χ2n) is 3.10. The third-order valence-electron chi connectivity index (χ3n) is 1.96. The van der Waals surface area contributed by atoms with Gasteiger partial charge in [-0.15, -0.1) is 0 Å². The molecule has 0 amide bonds. The number of rotatable bonds is 4. The predicted molar refractivity (Wildman–Crippen MR) is 56.9 cm³/mol. The molecule has 0 heterocycles. The van der Waals surface area contributed by atoms with Crippen molar-refractivity contribution in [3.63, 3.8) is 0 Å². The SMILES string of the molecule is COC(=O)c1cc(OC(F)F)cc(/C(N)=N/O)c1. The summed E-state index contributed by atoms with van der Waals surface area (Å²) in [5.41, 5.74) is 5.30. The summed E-state index contributed by atoms with van der Waals surface area (Å²) in [7, 11) is 1.13. The van der Waals surface area contributed by atoms with Gasteiger partial charge in [0.25, 0.3) is 0 Å². The normalized spacial score (nSPS) is 11.4. The Kier molecular flexibility index (Phi) is 4.41. The van der Waals surface area contributed by atoms with E-state index in [-0.39, 0.29) is 22.7 Å². The molecule has 0 unspecified atom stereocenters. The number of benzene rings is 1. The Morgan fingerprint density at radius 2 is 2.00 bits per heavy atom. The smallest absolute Gasteiger partial charge is 0.387 e. The Morgan fingerprint density at radius 3 is 2.50 bits per heavy atom. The quantitative estimate of drug-likeness (QED) is 0.278. The Hall–Kier alpha value is -2.38. The molecule has 3 N–H and O–H groups in total. The number of halogens is 2. The molecule has 0 aliphatic carbocycles. The van der Waals surface area contributed by atoms with Crippen LogP contribution in [0.1, 0.15) is 15.9 Å². The summed E-state index contributed by atoms with van der Waals surface area (Å²) in [6, 6.07) is 3.39. The van der Waals surface area contributed by atoms with Gasteiger partial charge in [0.05, 0.1) is 12.7 Å². The molecule has 0 bridgehead atoms. The molecule has 0 fully saturated rings. The van der Waals surface area contributed by atoms with E-state index >= 15 is 0 Å². The van der Waals surface area contributed by atoms with Crippen molar-refractivity contribution in [2.45, 2.75) is 6.61 Å². The lowest BCUT2D eigenvalue weighted by molar-refractivity contribution is -0.0499. The molecule has 1 aromatic rings. The number of hydrogen-bond acceptors (Lipinski definition) is 5. The molecule has 1 rings (SSSR count). The van der Waals surface area contributed by atoms with Gasteiger partial charge in [0.1, 0.15) is 5.75 Å². The topological polar surface area (TPSA) is 94.1 Å². The van der Waals surface area contributed by atoms with Crippen molar-refractivity contribution >= 4 is 11.8 Å². The summed E-state index contributed by atoms with van der Waals surface area (Å²) in [6.45, 7) is -3.06. The van der Waals surface area contributed by atoms with Crippen LogP contribution in [-0.4, -0.2) is 30.7 Å². The fourth-order valence-corrected chi connectivity index (χ4v) is 1.21. The van der Waals surface area contributed by atoms with Crippen LogP contribution in [0.2, 0.25) is 0 Å². The minimum Gasteiger partial charge on any atom is -0.465 e. The van der Waals surface area contributed by atoms with Gasteiger partial charge < -0.3 is 20.4 Å². The Bertz CT molecular complexity index is 477. The fourth-order valence-electron chi connectivity index (χ4n) is 1.21. The maximum atomic E-state index is 12.1. The number of carbonyl (C=O) groups excluding carboxylic acids is 1. The first-order chi connectivity index (χ1) is 8.47. The second kappa shape index (κ2) is 5.80. The number of esters is 1. The van der Waals surface area contributed by atoms with Crippen LogP contribution < -0.4 is 10.5 Å². The number of nitrogens with two attached hydrogens (primary N) is 1. The highest BCUT2D eigenvalue weighted by atomic mass is 19.3. The predicted octanol–water partition coefficient (Wildman–Crippen LogP) is 1.17. The van der Waals surface area contributed by atoms with Crippen LogP contribution in [0, 0.1) is 0 Å². The van der Waals surface area contributed by atoms with E-state index in [9.17, 15) is 13.6 Å². The summed E-state index contributed by atoms with van der Waals surface area (Å²) in [5.74, 6) is -1.41. The molecule has 0 saturated heterocycles. The number of ether oxygens (including phenoxy) is 2. The van der Waals surface area contributed by atoms with E-state index in [1.54, 1.807) is 0 Å². The zero-order valence-electron chi connectivity index (χ0n) is 9.26. The van der Waals surface area contributed by atoms with Crippen molar-refractivity contribution in [2.75, 3.05) is 7.11 Å². The van der Waals surface area contributed by atoms with Gasteiger partial charge in [-0.05, 0) is 18.2 Å². The summed E-state index contributed by atoms with van der Waals surface area (Å²) >= 11 is 0. The molecule has 0 aromatic heterocycles. The molecule has 0 aliphatic rings. The summed E-state index contributed by atoms with van der Waals surface area (Å²) < 4.78 is 32.8. The molecule has 8 heteroatoms. The first-order valence-corrected chi connectivity index (χ1v) is 4.64. The van der Waals surface area contributed by atoms with Gasteiger partial charge >= 0.3 is 12.6 Å². The minimum absolute atomic E-state index is 0.0519. The third kappa shape index (κ3) is 3.30. The van der Waals surface area contributed by atoms with E-state index in [4.69, 9.17) is 10.9 Å². The monoisotopic (exact) mass is 260 g/mol. The Morgan fingerprint density at radius 1 is 1.39 bits per heavy atom. The lowest BCUT2D eigenvalue weighted by Gasteiger charge is -2.09. The van der Waals surface area contributed by atoms with Crippen LogP contribution in [0.15, 0.2) is 23.4 Å². The van der Waals surface area contributed by atoms with E-state index in [1.165, 1.54) is 6.07 Å². The molecule has 0 saturated carbocycles. The average Bonchev–Trinajstić information content (AvgIpc) is 2.35. The van der Waals surface area contributed by atoms with E-state index < -0.39 is 12.6 Å². The number of methoxy groups -OCH3 is 1. The molecule has 0 aliphatic heterocycles. The molecule has 6 nitrogen and oxygen atoms in total. The summed E-state index contributed by atoms with van der Waals surface area (Å²) in [4.78, 5) is 11.3. The number of alkyl halides is 2. The van der Waals surface area contributed by atoms with Gasteiger partial charge in [0, 0.05) is 5.56 Å². The first kappa shape index (κ1) is 13.7. The van der Waals surface area contributed by atoms with E-state index in [1.807, 2.05) is 0 Å². The van der Waals surface area contributed by atoms with Crippen molar-refractivity contribution in [3.05, 3.63) is 29.3 Å². The van der Waals surface area contributed by atoms with Crippen molar-refractivity contribution in [3.8, 4) is 5.75 Å². The van der Waals surface area contributed by atoms with Gasteiger partial charge in [-0.2, -0.15) is 8.78 Å². The summed E-state index contributed by atoms with van der Waals surface area (Å²) in [6.07, 6.45) is 0. The number of amidine groups is 1. The molecule has 18 heavy (non-hydrogen) atoms. The van der Waals surface area contributed by atoms with Crippen molar-refractivity contribution in [1.29, 1.82) is 0 Å². The van der Waals surface area contributed by atoms with Crippen molar-refractivity contribution < 1.29 is 28.3 Å². The maximum Gasteiger partial charge on any atom is 0.387 e. The molecule has 0 radical (unpaired) electrons. The maximum absolute atomic E-state index is 12.1. The largest absolute Gasteiger partial charge is 0.465 e. The standard InChI is InChI=1S/C10H10F2N2O4/c1-17-9(15)6-2-5(8(13)14-16)3-7(4-6)18-10(11)12/h2-4,10,16H,1H3,(H2,13,14).